The molecule has 0 spiro atoms. The lowest BCUT2D eigenvalue weighted by Crippen LogP contribution is -2.27. The van der Waals surface area contributed by atoms with Gasteiger partial charge in [0.05, 0.1) is 19.6 Å². The average molecular weight is 231 g/mol. The summed E-state index contributed by atoms with van der Waals surface area (Å²) in [6, 6.07) is 0.348. The van der Waals surface area contributed by atoms with E-state index in [0.717, 1.165) is 13.0 Å². The van der Waals surface area contributed by atoms with E-state index in [1.54, 1.807) is 11.9 Å². The minimum atomic E-state index is -0.812. The summed E-state index contributed by atoms with van der Waals surface area (Å²) in [6.45, 7) is 5.75. The van der Waals surface area contributed by atoms with Crippen LogP contribution in [0, 0.1) is 0 Å². The molecule has 0 bridgehead atoms. The molecule has 5 heteroatoms. The van der Waals surface area contributed by atoms with Crippen LogP contribution in [0.5, 0.6) is 0 Å². The van der Waals surface area contributed by atoms with Crippen molar-refractivity contribution < 1.29 is 14.6 Å². The number of hydrogen-bond acceptors (Lipinski definition) is 4. The molecule has 0 radical (unpaired) electrons. The monoisotopic (exact) mass is 231 g/mol. The van der Waals surface area contributed by atoms with Crippen molar-refractivity contribution in [2.24, 2.45) is 0 Å². The van der Waals surface area contributed by atoms with E-state index >= 15 is 0 Å². The van der Waals surface area contributed by atoms with Gasteiger partial charge in [-0.05, 0) is 12.7 Å². The Morgan fingerprint density at radius 1 is 1.80 bits per heavy atom. The highest BCUT2D eigenvalue weighted by molar-refractivity contribution is 7.96. The summed E-state index contributed by atoms with van der Waals surface area (Å²) in [5, 5.41) is 8.44. The van der Waals surface area contributed by atoms with Gasteiger partial charge in [-0.2, -0.15) is 0 Å². The molecule has 1 N–H and O–H groups in total. The van der Waals surface area contributed by atoms with E-state index < -0.39 is 5.97 Å². The maximum atomic E-state index is 10.3. The SMILES string of the molecule is C=C1C[C@@H](COCCC(=O)O)N(SC)C1. The van der Waals surface area contributed by atoms with Crippen LogP contribution in [0.15, 0.2) is 12.2 Å². The van der Waals surface area contributed by atoms with E-state index in [0.29, 0.717) is 19.3 Å². The molecule has 0 aliphatic carbocycles. The van der Waals surface area contributed by atoms with Crippen molar-refractivity contribution >= 4 is 17.9 Å². The van der Waals surface area contributed by atoms with Gasteiger partial charge in [0.2, 0.25) is 0 Å². The molecule has 0 aromatic carbocycles. The smallest absolute Gasteiger partial charge is 0.305 e. The van der Waals surface area contributed by atoms with E-state index in [4.69, 9.17) is 9.84 Å². The van der Waals surface area contributed by atoms with Crippen LogP contribution in [0.4, 0.5) is 0 Å². The van der Waals surface area contributed by atoms with E-state index in [1.165, 1.54) is 5.57 Å². The van der Waals surface area contributed by atoms with E-state index in [2.05, 4.69) is 10.9 Å². The maximum absolute atomic E-state index is 10.3. The van der Waals surface area contributed by atoms with Crippen LogP contribution in [0.3, 0.4) is 0 Å². The molecule has 1 atom stereocenters. The number of aliphatic carboxylic acids is 1. The highest BCUT2D eigenvalue weighted by Crippen LogP contribution is 2.26. The van der Waals surface area contributed by atoms with Crippen LogP contribution < -0.4 is 0 Å². The lowest BCUT2D eigenvalue weighted by molar-refractivity contribution is -0.138. The van der Waals surface area contributed by atoms with Gasteiger partial charge in [-0.3, -0.25) is 4.79 Å². The van der Waals surface area contributed by atoms with Crippen LogP contribution in [-0.4, -0.2) is 47.4 Å². The molecule has 0 unspecified atom stereocenters. The van der Waals surface area contributed by atoms with Crippen LogP contribution in [0.25, 0.3) is 0 Å². The van der Waals surface area contributed by atoms with Gasteiger partial charge in [-0.15, -0.1) is 0 Å². The molecule has 0 amide bonds. The number of carboxylic acids is 1. The van der Waals surface area contributed by atoms with Crippen molar-refractivity contribution in [2.75, 3.05) is 26.0 Å². The second-order valence-corrected chi connectivity index (χ2v) is 4.42. The number of hydrogen-bond donors (Lipinski definition) is 1. The molecule has 0 aromatic rings. The van der Waals surface area contributed by atoms with Gasteiger partial charge in [-0.25, -0.2) is 4.31 Å². The molecule has 1 saturated heterocycles. The molecule has 0 saturated carbocycles. The Morgan fingerprint density at radius 3 is 3.13 bits per heavy atom. The third-order valence-electron chi connectivity index (χ3n) is 2.32. The van der Waals surface area contributed by atoms with Gasteiger partial charge in [-0.1, -0.05) is 24.1 Å². The van der Waals surface area contributed by atoms with Crippen molar-refractivity contribution in [2.45, 2.75) is 18.9 Å². The molecule has 4 nitrogen and oxygen atoms in total. The van der Waals surface area contributed by atoms with Gasteiger partial charge in [0, 0.05) is 12.6 Å². The Hall–Kier alpha value is -0.520. The topological polar surface area (TPSA) is 49.8 Å². The van der Waals surface area contributed by atoms with Crippen LogP contribution in [0.2, 0.25) is 0 Å². The first-order valence-corrected chi connectivity index (χ1v) is 6.08. The largest absolute Gasteiger partial charge is 0.481 e. The molecule has 0 aromatic heterocycles. The molecule has 15 heavy (non-hydrogen) atoms. The summed E-state index contributed by atoms with van der Waals surface area (Å²) in [5.41, 5.74) is 1.22. The van der Waals surface area contributed by atoms with E-state index in [-0.39, 0.29) is 6.42 Å². The molecule has 1 heterocycles. The van der Waals surface area contributed by atoms with Crippen LogP contribution in [0.1, 0.15) is 12.8 Å². The second kappa shape index (κ2) is 6.15. The Kier molecular flexibility index (Phi) is 5.14. The zero-order valence-corrected chi connectivity index (χ0v) is 9.76. The van der Waals surface area contributed by atoms with E-state index in [1.807, 2.05) is 6.26 Å². The number of carbonyl (C=O) groups is 1. The van der Waals surface area contributed by atoms with Gasteiger partial charge >= 0.3 is 5.97 Å². The summed E-state index contributed by atoms with van der Waals surface area (Å²) in [6.07, 6.45) is 3.06. The summed E-state index contributed by atoms with van der Waals surface area (Å²) in [4.78, 5) is 10.3. The first-order chi connectivity index (χ1) is 7.13. The number of ether oxygens (including phenoxy) is 1. The normalized spacial score (nSPS) is 22.2. The molecule has 1 rings (SSSR count). The average Bonchev–Trinajstić information content (AvgIpc) is 2.53. The Bertz CT molecular complexity index is 245. The quantitative estimate of drug-likeness (QED) is 0.425. The molecule has 1 aliphatic rings. The fourth-order valence-corrected chi connectivity index (χ4v) is 2.33. The lowest BCUT2D eigenvalue weighted by Gasteiger charge is -2.20. The zero-order valence-electron chi connectivity index (χ0n) is 8.94. The summed E-state index contributed by atoms with van der Waals surface area (Å²) >= 11 is 1.68. The van der Waals surface area contributed by atoms with E-state index in [9.17, 15) is 4.79 Å². The minimum Gasteiger partial charge on any atom is -0.481 e. The maximum Gasteiger partial charge on any atom is 0.305 e. The number of nitrogens with zero attached hydrogens (tertiary/aromatic N) is 1. The molecule has 1 fully saturated rings. The van der Waals surface area contributed by atoms with Gasteiger partial charge in [0.1, 0.15) is 0 Å². The van der Waals surface area contributed by atoms with Gasteiger partial charge in [0.25, 0.3) is 0 Å². The van der Waals surface area contributed by atoms with Crippen LogP contribution in [-0.2, 0) is 9.53 Å². The minimum absolute atomic E-state index is 0.0763. The summed E-state index contributed by atoms with van der Waals surface area (Å²) < 4.78 is 7.56. The Balaban J connectivity index is 2.20. The van der Waals surface area contributed by atoms with Crippen LogP contribution >= 0.6 is 11.9 Å². The predicted molar refractivity (Wildman–Crippen MR) is 60.8 cm³/mol. The van der Waals surface area contributed by atoms with Gasteiger partial charge in [0.15, 0.2) is 0 Å². The molecular formula is C10H17NO3S. The Labute approximate surface area is 94.4 Å². The molecule has 1 aliphatic heterocycles. The van der Waals surface area contributed by atoms with Crippen molar-refractivity contribution in [3.63, 3.8) is 0 Å². The lowest BCUT2D eigenvalue weighted by atomic mass is 10.2. The summed E-state index contributed by atoms with van der Waals surface area (Å²) in [7, 11) is 0. The highest BCUT2D eigenvalue weighted by atomic mass is 32.2. The van der Waals surface area contributed by atoms with Crippen molar-refractivity contribution in [3.8, 4) is 0 Å². The Morgan fingerprint density at radius 2 is 2.53 bits per heavy atom. The highest BCUT2D eigenvalue weighted by Gasteiger charge is 2.26. The zero-order chi connectivity index (χ0) is 11.3. The number of carboxylic acid groups (broad SMARTS) is 1. The second-order valence-electron chi connectivity index (χ2n) is 3.58. The summed E-state index contributed by atoms with van der Waals surface area (Å²) in [5.74, 6) is -0.812. The van der Waals surface area contributed by atoms with Crippen molar-refractivity contribution in [1.29, 1.82) is 0 Å². The standard InChI is InChI=1S/C10H17NO3S/c1-8-5-9(11(6-8)15-2)7-14-4-3-10(12)13/h9H,1,3-7H2,2H3,(H,12,13)/t9-/m0/s1. The molecule has 86 valence electrons. The fraction of sp³-hybridized carbons (Fsp3) is 0.700. The third-order valence-corrected chi connectivity index (χ3v) is 3.21. The first kappa shape index (κ1) is 12.5. The third kappa shape index (κ3) is 4.24. The predicted octanol–water partition coefficient (Wildman–Crippen LogP) is 1.39. The first-order valence-electron chi connectivity index (χ1n) is 4.90. The number of rotatable bonds is 6. The van der Waals surface area contributed by atoms with Gasteiger partial charge < -0.3 is 9.84 Å². The van der Waals surface area contributed by atoms with Crippen molar-refractivity contribution in [3.05, 3.63) is 12.2 Å². The molecular weight excluding hydrogens is 214 g/mol. The van der Waals surface area contributed by atoms with Crippen molar-refractivity contribution in [1.82, 2.24) is 4.31 Å². The fourth-order valence-electron chi connectivity index (χ4n) is 1.58.